The molecule has 20 heavy (non-hydrogen) atoms. The maximum Gasteiger partial charge on any atom is 0.133 e. The molecule has 1 N–H and O–H groups in total. The molecule has 0 saturated carbocycles. The first-order chi connectivity index (χ1) is 9.63. The third-order valence-corrected chi connectivity index (χ3v) is 3.65. The van der Waals surface area contributed by atoms with Crippen molar-refractivity contribution in [1.29, 1.82) is 0 Å². The Morgan fingerprint density at radius 2 is 1.40 bits per heavy atom. The molecule has 106 valence electrons. The molecule has 0 aliphatic heterocycles. The van der Waals surface area contributed by atoms with Crippen molar-refractivity contribution in [3.8, 4) is 11.5 Å². The van der Waals surface area contributed by atoms with E-state index in [4.69, 9.17) is 4.74 Å². The van der Waals surface area contributed by atoms with Crippen molar-refractivity contribution in [2.75, 3.05) is 0 Å². The van der Waals surface area contributed by atoms with E-state index < -0.39 is 6.10 Å². The molecule has 0 aliphatic rings. The van der Waals surface area contributed by atoms with E-state index in [9.17, 15) is 5.11 Å². The van der Waals surface area contributed by atoms with Gasteiger partial charge in [-0.15, -0.1) is 0 Å². The first-order valence-corrected chi connectivity index (χ1v) is 7.17. The second-order valence-electron chi connectivity index (χ2n) is 5.16. The van der Waals surface area contributed by atoms with E-state index in [2.05, 4.69) is 19.9 Å². The zero-order valence-electron chi connectivity index (χ0n) is 12.3. The molecule has 2 heteroatoms. The van der Waals surface area contributed by atoms with E-state index in [1.807, 2.05) is 42.5 Å². The van der Waals surface area contributed by atoms with Gasteiger partial charge in [-0.25, -0.2) is 0 Å². The third-order valence-electron chi connectivity index (χ3n) is 3.65. The summed E-state index contributed by atoms with van der Waals surface area (Å²) in [7, 11) is 0. The topological polar surface area (TPSA) is 29.5 Å². The molecule has 0 amide bonds. The Labute approximate surface area is 121 Å². The average Bonchev–Trinajstić information content (AvgIpc) is 2.47. The lowest BCUT2D eigenvalue weighted by molar-refractivity contribution is 0.195. The predicted octanol–water partition coefficient (Wildman–Crippen LogP) is 5.05. The Balaban J connectivity index is 2.36. The van der Waals surface area contributed by atoms with Crippen LogP contribution in [0.2, 0.25) is 0 Å². The molecule has 2 aromatic carbocycles. The highest BCUT2D eigenvalue weighted by molar-refractivity contribution is 5.43. The second-order valence-corrected chi connectivity index (χ2v) is 5.16. The molecule has 0 saturated heterocycles. The van der Waals surface area contributed by atoms with Crippen LogP contribution in [0.15, 0.2) is 48.5 Å². The van der Waals surface area contributed by atoms with Crippen molar-refractivity contribution in [3.05, 3.63) is 59.7 Å². The number of benzene rings is 2. The fourth-order valence-corrected chi connectivity index (χ4v) is 2.24. The monoisotopic (exact) mass is 270 g/mol. The number of hydrogen-bond acceptors (Lipinski definition) is 2. The van der Waals surface area contributed by atoms with Crippen LogP contribution in [0.5, 0.6) is 11.5 Å². The van der Waals surface area contributed by atoms with Crippen LogP contribution in [0.3, 0.4) is 0 Å². The van der Waals surface area contributed by atoms with E-state index >= 15 is 0 Å². The van der Waals surface area contributed by atoms with Crippen molar-refractivity contribution < 1.29 is 9.84 Å². The van der Waals surface area contributed by atoms with Crippen molar-refractivity contribution in [2.45, 2.75) is 39.2 Å². The maximum absolute atomic E-state index is 9.83. The van der Waals surface area contributed by atoms with Crippen LogP contribution >= 0.6 is 0 Å². The highest BCUT2D eigenvalue weighted by atomic mass is 16.5. The van der Waals surface area contributed by atoms with E-state index in [1.54, 1.807) is 6.92 Å². The molecule has 0 aliphatic carbocycles. The Kier molecular flexibility index (Phi) is 4.80. The highest BCUT2D eigenvalue weighted by Crippen LogP contribution is 2.34. The van der Waals surface area contributed by atoms with Crippen LogP contribution in [0.4, 0.5) is 0 Å². The average molecular weight is 270 g/mol. The molecule has 0 aromatic heterocycles. The smallest absolute Gasteiger partial charge is 0.133 e. The summed E-state index contributed by atoms with van der Waals surface area (Å²) in [6.45, 7) is 6.12. The SMILES string of the molecule is CCC(C)c1ccccc1Oc1ccccc1[C@H](C)O. The van der Waals surface area contributed by atoms with E-state index in [1.165, 1.54) is 5.56 Å². The Hall–Kier alpha value is -1.80. The first kappa shape index (κ1) is 14.6. The molecule has 2 nitrogen and oxygen atoms in total. The number of aliphatic hydroxyl groups is 1. The van der Waals surface area contributed by atoms with Gasteiger partial charge < -0.3 is 9.84 Å². The van der Waals surface area contributed by atoms with Gasteiger partial charge >= 0.3 is 0 Å². The van der Waals surface area contributed by atoms with Gasteiger partial charge in [0.1, 0.15) is 11.5 Å². The highest BCUT2D eigenvalue weighted by Gasteiger charge is 2.13. The summed E-state index contributed by atoms with van der Waals surface area (Å²) in [6, 6.07) is 15.7. The molecule has 2 rings (SSSR count). The van der Waals surface area contributed by atoms with E-state index in [0.29, 0.717) is 5.92 Å². The Bertz CT molecular complexity index is 561. The Morgan fingerprint density at radius 1 is 0.900 bits per heavy atom. The van der Waals surface area contributed by atoms with Gasteiger partial charge in [-0.3, -0.25) is 0 Å². The summed E-state index contributed by atoms with van der Waals surface area (Å²) in [5.41, 5.74) is 2.02. The van der Waals surface area contributed by atoms with Gasteiger partial charge in [0.05, 0.1) is 6.10 Å². The Morgan fingerprint density at radius 3 is 1.95 bits per heavy atom. The summed E-state index contributed by atoms with van der Waals surface area (Å²) in [4.78, 5) is 0. The van der Waals surface area contributed by atoms with Gasteiger partial charge in [-0.1, -0.05) is 50.2 Å². The van der Waals surface area contributed by atoms with Crippen LogP contribution in [0, 0.1) is 0 Å². The fraction of sp³-hybridized carbons (Fsp3) is 0.333. The molecule has 0 heterocycles. The quantitative estimate of drug-likeness (QED) is 0.824. The van der Waals surface area contributed by atoms with Gasteiger partial charge in [0.15, 0.2) is 0 Å². The van der Waals surface area contributed by atoms with Crippen molar-refractivity contribution in [3.63, 3.8) is 0 Å². The molecule has 0 radical (unpaired) electrons. The fourth-order valence-electron chi connectivity index (χ4n) is 2.24. The van der Waals surface area contributed by atoms with Gasteiger partial charge in [-0.2, -0.15) is 0 Å². The summed E-state index contributed by atoms with van der Waals surface area (Å²) < 4.78 is 6.06. The van der Waals surface area contributed by atoms with Crippen molar-refractivity contribution >= 4 is 0 Å². The minimum absolute atomic E-state index is 0.449. The van der Waals surface area contributed by atoms with Crippen LogP contribution in [0.1, 0.15) is 50.3 Å². The van der Waals surface area contributed by atoms with Gasteiger partial charge in [0.2, 0.25) is 0 Å². The maximum atomic E-state index is 9.83. The second kappa shape index (κ2) is 6.58. The van der Waals surface area contributed by atoms with Crippen LogP contribution in [-0.2, 0) is 0 Å². The van der Waals surface area contributed by atoms with E-state index in [0.717, 1.165) is 23.5 Å². The van der Waals surface area contributed by atoms with Crippen molar-refractivity contribution in [2.24, 2.45) is 0 Å². The molecule has 2 atom stereocenters. The minimum atomic E-state index is -0.540. The normalized spacial score (nSPS) is 13.8. The van der Waals surface area contributed by atoms with Crippen LogP contribution in [-0.4, -0.2) is 5.11 Å². The zero-order valence-corrected chi connectivity index (χ0v) is 12.3. The molecule has 2 aromatic rings. The number of rotatable bonds is 5. The summed E-state index contributed by atoms with van der Waals surface area (Å²) in [6.07, 6.45) is 0.528. The zero-order chi connectivity index (χ0) is 14.5. The van der Waals surface area contributed by atoms with Crippen molar-refractivity contribution in [1.82, 2.24) is 0 Å². The number of para-hydroxylation sites is 2. The molecule has 0 fully saturated rings. The minimum Gasteiger partial charge on any atom is -0.457 e. The number of hydrogen-bond donors (Lipinski definition) is 1. The van der Waals surface area contributed by atoms with Crippen LogP contribution in [0.25, 0.3) is 0 Å². The van der Waals surface area contributed by atoms with Gasteiger partial charge in [0.25, 0.3) is 0 Å². The summed E-state index contributed by atoms with van der Waals surface area (Å²) in [5.74, 6) is 2.04. The lowest BCUT2D eigenvalue weighted by Crippen LogP contribution is -1.99. The summed E-state index contributed by atoms with van der Waals surface area (Å²) in [5, 5.41) is 9.83. The molecular weight excluding hydrogens is 248 g/mol. The lowest BCUT2D eigenvalue weighted by atomic mass is 9.98. The molecule has 0 bridgehead atoms. The molecular formula is C18H22O2. The van der Waals surface area contributed by atoms with Gasteiger partial charge in [-0.05, 0) is 37.0 Å². The van der Waals surface area contributed by atoms with Gasteiger partial charge in [0, 0.05) is 5.56 Å². The summed E-state index contributed by atoms with van der Waals surface area (Å²) >= 11 is 0. The number of ether oxygens (including phenoxy) is 1. The first-order valence-electron chi connectivity index (χ1n) is 7.17. The largest absolute Gasteiger partial charge is 0.457 e. The molecule has 1 unspecified atom stereocenters. The lowest BCUT2D eigenvalue weighted by Gasteiger charge is -2.18. The van der Waals surface area contributed by atoms with Crippen LogP contribution < -0.4 is 4.74 Å². The van der Waals surface area contributed by atoms with E-state index in [-0.39, 0.29) is 0 Å². The molecule has 0 spiro atoms. The predicted molar refractivity (Wildman–Crippen MR) is 82.3 cm³/mol. The standard InChI is InChI=1S/C18H22O2/c1-4-13(2)15-9-5-7-11-17(15)20-18-12-8-6-10-16(18)14(3)19/h5-14,19H,4H2,1-3H3/t13?,14-/m0/s1. The number of aliphatic hydroxyl groups excluding tert-OH is 1. The third kappa shape index (κ3) is 3.20.